The molecule has 0 radical (unpaired) electrons. The summed E-state index contributed by atoms with van der Waals surface area (Å²) in [5.74, 6) is 3.20. The molecule has 1 aromatic heterocycles. The third kappa shape index (κ3) is 7.51. The molecule has 442 valence electrons. The lowest BCUT2D eigenvalue weighted by molar-refractivity contribution is 0.477. The summed E-state index contributed by atoms with van der Waals surface area (Å²) in [6, 6.07) is 114. The van der Waals surface area contributed by atoms with Gasteiger partial charge in [-0.2, -0.15) is 0 Å². The molecule has 0 saturated heterocycles. The Hall–Kier alpha value is -12.6. The van der Waals surface area contributed by atoms with Crippen LogP contribution in [-0.2, 0) is 0 Å². The number of anilines is 18. The first kappa shape index (κ1) is 52.1. The van der Waals surface area contributed by atoms with Crippen molar-refractivity contribution in [2.45, 2.75) is 0 Å². The molecule has 0 N–H and O–H groups in total. The van der Waals surface area contributed by atoms with Crippen LogP contribution in [0.2, 0.25) is 0 Å². The molecule has 0 unspecified atom stereocenters. The molecule has 9 nitrogen and oxygen atoms in total. The molecule has 6 aliphatic heterocycles. The lowest BCUT2D eigenvalue weighted by atomic mass is 9.33. The molecule has 6 aliphatic rings. The third-order valence-electron chi connectivity index (χ3n) is 20.1. The third-order valence-corrected chi connectivity index (χ3v) is 20.1. The Labute approximate surface area is 549 Å². The summed E-state index contributed by atoms with van der Waals surface area (Å²) in [5, 5.41) is 2.13. The molecule has 0 saturated carbocycles. The van der Waals surface area contributed by atoms with Gasteiger partial charge in [-0.1, -0.05) is 170 Å². The summed E-state index contributed by atoms with van der Waals surface area (Å²) in [6.45, 7) is -0.346. The number of hydrogen-bond acceptors (Lipinski definition) is 9. The van der Waals surface area contributed by atoms with Crippen molar-refractivity contribution in [2.75, 3.05) is 29.4 Å². The maximum absolute atomic E-state index is 7.51. The average Bonchev–Trinajstić information content (AvgIpc) is 1.46. The molecule has 0 bridgehead atoms. The molecule has 0 amide bonds. The van der Waals surface area contributed by atoms with Gasteiger partial charge >= 0.3 is 0 Å². The predicted molar refractivity (Wildman–Crippen MR) is 391 cm³/mol. The molecule has 14 aromatic carbocycles. The number of furan rings is 1. The molecule has 95 heavy (non-hydrogen) atoms. The zero-order valence-electron chi connectivity index (χ0n) is 51.1. The Kier molecular flexibility index (Phi) is 10.9. The first-order chi connectivity index (χ1) is 47.1. The maximum atomic E-state index is 7.51. The molecular formula is C84H52B2N6O3. The van der Waals surface area contributed by atoms with E-state index in [-0.39, 0.29) is 13.4 Å². The Morgan fingerprint density at radius 3 is 0.789 bits per heavy atom. The van der Waals surface area contributed by atoms with Gasteiger partial charge < -0.3 is 43.3 Å². The lowest BCUT2D eigenvalue weighted by Crippen LogP contribution is -2.61. The van der Waals surface area contributed by atoms with Gasteiger partial charge in [-0.05, 0) is 166 Å². The second-order valence-electron chi connectivity index (χ2n) is 25.1. The molecule has 15 aromatic rings. The van der Waals surface area contributed by atoms with Gasteiger partial charge in [0.05, 0.1) is 34.1 Å². The van der Waals surface area contributed by atoms with E-state index in [0.29, 0.717) is 0 Å². The summed E-state index contributed by atoms with van der Waals surface area (Å²) in [4.78, 5) is 14.7. The zero-order chi connectivity index (χ0) is 62.0. The summed E-state index contributed by atoms with van der Waals surface area (Å²) in [7, 11) is 0. The van der Waals surface area contributed by atoms with Crippen LogP contribution in [0.15, 0.2) is 320 Å². The van der Waals surface area contributed by atoms with Gasteiger partial charge in [-0.15, -0.1) is 0 Å². The zero-order valence-corrected chi connectivity index (χ0v) is 51.1. The highest BCUT2D eigenvalue weighted by Crippen LogP contribution is 2.57. The van der Waals surface area contributed by atoms with Gasteiger partial charge in [0.2, 0.25) is 0 Å². The van der Waals surface area contributed by atoms with E-state index in [4.69, 9.17) is 13.9 Å². The number of nitrogens with zero attached hydrogens (tertiary/aromatic N) is 6. The minimum Gasteiger partial charge on any atom is -0.456 e. The summed E-state index contributed by atoms with van der Waals surface area (Å²) in [6.07, 6.45) is 0. The Morgan fingerprint density at radius 2 is 0.463 bits per heavy atom. The molecule has 0 atom stereocenters. The van der Waals surface area contributed by atoms with Crippen LogP contribution in [0, 0.1) is 0 Å². The Morgan fingerprint density at radius 1 is 0.200 bits per heavy atom. The molecule has 7 heterocycles. The van der Waals surface area contributed by atoms with Gasteiger partial charge in [0, 0.05) is 91.2 Å². The predicted octanol–water partition coefficient (Wildman–Crippen LogP) is 18.9. The van der Waals surface area contributed by atoms with Crippen LogP contribution in [-0.4, -0.2) is 13.4 Å². The van der Waals surface area contributed by atoms with Crippen LogP contribution in [0.5, 0.6) is 23.0 Å². The van der Waals surface area contributed by atoms with Crippen molar-refractivity contribution in [2.24, 2.45) is 0 Å². The minimum atomic E-state index is -0.173. The van der Waals surface area contributed by atoms with Crippen molar-refractivity contribution in [3.8, 4) is 23.0 Å². The fourth-order valence-electron chi connectivity index (χ4n) is 16.3. The van der Waals surface area contributed by atoms with Crippen molar-refractivity contribution < 1.29 is 13.9 Å². The Bertz CT molecular complexity index is 5270. The van der Waals surface area contributed by atoms with Crippen LogP contribution in [0.3, 0.4) is 0 Å². The number of para-hydroxylation sites is 14. The first-order valence-electron chi connectivity index (χ1n) is 32.5. The highest BCUT2D eigenvalue weighted by molar-refractivity contribution is 7.01. The molecular weight excluding hydrogens is 1160 g/mol. The Balaban J connectivity index is 0.832. The second kappa shape index (κ2) is 20.0. The maximum Gasteiger partial charge on any atom is 0.252 e. The lowest BCUT2D eigenvalue weighted by Gasteiger charge is -2.45. The normalized spacial score (nSPS) is 13.9. The second-order valence-corrected chi connectivity index (χ2v) is 25.1. The first-order valence-corrected chi connectivity index (χ1v) is 32.5. The van der Waals surface area contributed by atoms with Crippen LogP contribution >= 0.6 is 0 Å². The van der Waals surface area contributed by atoms with Gasteiger partial charge in [0.1, 0.15) is 11.2 Å². The number of ether oxygens (including phenoxy) is 2. The van der Waals surface area contributed by atoms with Crippen LogP contribution < -0.4 is 71.7 Å². The van der Waals surface area contributed by atoms with E-state index < -0.39 is 0 Å². The van der Waals surface area contributed by atoms with Crippen molar-refractivity contribution >= 4 is 171 Å². The van der Waals surface area contributed by atoms with E-state index in [1.54, 1.807) is 0 Å². The summed E-state index contributed by atoms with van der Waals surface area (Å²) < 4.78 is 20.8. The van der Waals surface area contributed by atoms with E-state index in [9.17, 15) is 0 Å². The molecule has 0 fully saturated rings. The van der Waals surface area contributed by atoms with E-state index in [1.807, 2.05) is 24.3 Å². The van der Waals surface area contributed by atoms with Crippen LogP contribution in [0.25, 0.3) is 21.9 Å². The largest absolute Gasteiger partial charge is 0.456 e. The van der Waals surface area contributed by atoms with Crippen molar-refractivity contribution in [1.82, 2.24) is 0 Å². The number of benzene rings is 14. The summed E-state index contributed by atoms with van der Waals surface area (Å²) in [5.41, 5.74) is 27.8. The highest BCUT2D eigenvalue weighted by atomic mass is 16.5. The topological polar surface area (TPSA) is 51.0 Å². The number of fused-ring (bicyclic) bond motifs is 15. The fourth-order valence-corrected chi connectivity index (χ4v) is 16.3. The SMILES string of the molecule is c1ccc(N2c3ccccc3B3c4cc5c(cc4N(c4ccccc4)c4cc(N6c7ccccc7Oc7ccccc76)cc2c43)oc2cc3c(cc25)B2c4ccccc4N(c4ccccc4)c4cc(N5c6ccccc6Oc6ccccc65)cc(c42)N3c2ccccc2)cc1. The van der Waals surface area contributed by atoms with Gasteiger partial charge in [-0.25, -0.2) is 0 Å². The van der Waals surface area contributed by atoms with E-state index in [1.165, 1.54) is 32.8 Å². The highest BCUT2D eigenvalue weighted by Gasteiger charge is 2.47. The fraction of sp³-hybridized carbons (Fsp3) is 0. The van der Waals surface area contributed by atoms with Gasteiger partial charge in [-0.3, -0.25) is 0 Å². The van der Waals surface area contributed by atoms with Crippen molar-refractivity contribution in [1.29, 1.82) is 0 Å². The molecule has 0 aliphatic carbocycles. The standard InChI is InChI=1S/C84H52B2N6O3/c1-5-25-53(26-6-1)87-65-35-15-13-33-61(65)85-63-49-59-60-50-64-72(52-82(60)95-81(59)51-71(63)89(55-29-9-3-10-30-55)75-47-57(45-73(87)83(75)85)91-67-37-17-21-41-77(67)93-78-42-22-18-38-68(78)91)90(56-31-11-4-12-32-56)76-48-58(92-69-39-19-23-43-79(69)94-80-44-24-20-40-70(80)92)46-74-84(76)86(64)62-34-14-16-36-66(62)88(74)54-27-7-2-8-28-54/h1-52H. The molecule has 0 spiro atoms. The number of hydrogen-bond donors (Lipinski definition) is 0. The van der Waals surface area contributed by atoms with E-state index in [0.717, 1.165) is 147 Å². The van der Waals surface area contributed by atoms with Gasteiger partial charge in [0.15, 0.2) is 23.0 Å². The van der Waals surface area contributed by atoms with Crippen molar-refractivity contribution in [3.05, 3.63) is 315 Å². The average molecular weight is 1220 g/mol. The number of rotatable bonds is 6. The molecule has 11 heteroatoms. The van der Waals surface area contributed by atoms with E-state index >= 15 is 0 Å². The van der Waals surface area contributed by atoms with Crippen LogP contribution in [0.4, 0.5) is 102 Å². The monoisotopic (exact) mass is 1210 g/mol. The summed E-state index contributed by atoms with van der Waals surface area (Å²) >= 11 is 0. The minimum absolute atomic E-state index is 0.173. The van der Waals surface area contributed by atoms with E-state index in [2.05, 4.69) is 321 Å². The quantitative estimate of drug-likeness (QED) is 0.152. The van der Waals surface area contributed by atoms with Gasteiger partial charge in [0.25, 0.3) is 13.4 Å². The van der Waals surface area contributed by atoms with Crippen LogP contribution in [0.1, 0.15) is 0 Å². The smallest absolute Gasteiger partial charge is 0.252 e. The molecule has 21 rings (SSSR count). The van der Waals surface area contributed by atoms with Crippen molar-refractivity contribution in [3.63, 3.8) is 0 Å².